The molecule has 8 heterocycles. The van der Waals surface area contributed by atoms with Crippen molar-refractivity contribution < 1.29 is 10.0 Å². The Kier molecular flexibility index (Phi) is 15.0. The molecule has 2 unspecified atom stereocenters. The number of halogens is 1. The van der Waals surface area contributed by atoms with Crippen molar-refractivity contribution in [2.24, 2.45) is 0 Å². The van der Waals surface area contributed by atoms with Crippen molar-refractivity contribution in [2.45, 2.75) is 66.2 Å². The maximum Gasteiger partial charge on any atom is 0.488 e. The van der Waals surface area contributed by atoms with Crippen LogP contribution in [0.2, 0.25) is 0 Å². The summed E-state index contributed by atoms with van der Waals surface area (Å²) in [6, 6.07) is 31.6. The van der Waals surface area contributed by atoms with Gasteiger partial charge in [-0.05, 0) is 107 Å². The van der Waals surface area contributed by atoms with Crippen LogP contribution in [0.15, 0.2) is 164 Å². The number of rotatable bonds is 10. The Morgan fingerprint density at radius 1 is 0.515 bits per heavy atom. The number of imidazole rings is 2. The van der Waals surface area contributed by atoms with Crippen molar-refractivity contribution in [3.05, 3.63) is 209 Å². The van der Waals surface area contributed by atoms with Crippen LogP contribution in [0.3, 0.4) is 0 Å². The Morgan fingerprint density at radius 2 is 1.00 bits per heavy atom. The average molecular weight is 964 g/mol. The molecule has 0 spiro atoms. The minimum atomic E-state index is -1.34. The van der Waals surface area contributed by atoms with Crippen LogP contribution in [0.5, 0.6) is 0 Å². The Balaban J connectivity index is 0.000000157. The molecule has 10 aromatic rings. The lowest BCUT2D eigenvalue weighted by molar-refractivity contribution is 0.426. The lowest BCUT2D eigenvalue weighted by Gasteiger charge is -2.14. The predicted octanol–water partition coefficient (Wildman–Crippen LogP) is 10.1. The van der Waals surface area contributed by atoms with Crippen molar-refractivity contribution in [3.8, 4) is 33.8 Å². The van der Waals surface area contributed by atoms with E-state index in [4.69, 9.17) is 25.0 Å². The number of nitrogens with zero attached hydrogens (tertiary/aromatic N) is 10. The SMILES string of the molecule is Cc1cc(-c2ncc(C(C)Cc3nccn4c(-c5ccccc5)cnc34)cc2C)ccn1.Cc1cc(-c2ncc(C(C)Cc3nccn4c(Br)cnc34)cc2C)ccn1.OB(O)c1ccccc1. The maximum absolute atomic E-state index is 8.58. The minimum Gasteiger partial charge on any atom is -0.423 e. The van der Waals surface area contributed by atoms with Crippen LogP contribution >= 0.6 is 15.9 Å². The highest BCUT2D eigenvalue weighted by Crippen LogP contribution is 2.30. The third-order valence-corrected chi connectivity index (χ3v) is 12.4. The summed E-state index contributed by atoms with van der Waals surface area (Å²) in [7, 11) is -1.34. The fourth-order valence-corrected chi connectivity index (χ4v) is 8.58. The van der Waals surface area contributed by atoms with Gasteiger partial charge in [-0.25, -0.2) is 9.97 Å². The van der Waals surface area contributed by atoms with Gasteiger partial charge in [-0.15, -0.1) is 0 Å². The highest BCUT2D eigenvalue weighted by molar-refractivity contribution is 9.10. The first-order valence-corrected chi connectivity index (χ1v) is 23.3. The van der Waals surface area contributed by atoms with Crippen LogP contribution in [0.4, 0.5) is 0 Å². The van der Waals surface area contributed by atoms with Gasteiger partial charge >= 0.3 is 7.12 Å². The molecular weight excluding hydrogens is 911 g/mol. The molecule has 2 N–H and O–H groups in total. The third kappa shape index (κ3) is 11.1. The smallest absolute Gasteiger partial charge is 0.423 e. The van der Waals surface area contributed by atoms with Crippen molar-refractivity contribution in [1.29, 1.82) is 0 Å². The van der Waals surface area contributed by atoms with Crippen LogP contribution in [0.1, 0.15) is 70.7 Å². The summed E-state index contributed by atoms with van der Waals surface area (Å²) in [5.74, 6) is 0.559. The summed E-state index contributed by atoms with van der Waals surface area (Å²) in [5.41, 5.74) is 17.5. The monoisotopic (exact) mass is 962 g/mol. The maximum atomic E-state index is 8.58. The average Bonchev–Trinajstić information content (AvgIpc) is 3.97. The van der Waals surface area contributed by atoms with E-state index in [0.29, 0.717) is 11.4 Å². The molecule has 340 valence electrons. The van der Waals surface area contributed by atoms with E-state index in [1.54, 1.807) is 24.3 Å². The Morgan fingerprint density at radius 3 is 1.49 bits per heavy atom. The molecule has 10 rings (SSSR count). The van der Waals surface area contributed by atoms with E-state index in [0.717, 1.165) is 85.3 Å². The van der Waals surface area contributed by atoms with Crippen molar-refractivity contribution >= 4 is 39.8 Å². The molecule has 0 bridgehead atoms. The first kappa shape index (κ1) is 47.2. The van der Waals surface area contributed by atoms with Gasteiger partial charge in [-0.2, -0.15) is 0 Å². The molecular formula is C54H52BBrN10O2. The molecule has 0 radical (unpaired) electrons. The first-order valence-electron chi connectivity index (χ1n) is 22.5. The van der Waals surface area contributed by atoms with E-state index < -0.39 is 7.12 Å². The number of fused-ring (bicyclic) bond motifs is 2. The second-order valence-electron chi connectivity index (χ2n) is 17.0. The summed E-state index contributed by atoms with van der Waals surface area (Å²) >= 11 is 3.52. The van der Waals surface area contributed by atoms with E-state index in [2.05, 4.69) is 109 Å². The van der Waals surface area contributed by atoms with Crippen LogP contribution in [0.25, 0.3) is 45.1 Å². The largest absolute Gasteiger partial charge is 0.488 e. The summed E-state index contributed by atoms with van der Waals surface area (Å²) in [6.07, 6.45) is 20.6. The zero-order valence-electron chi connectivity index (χ0n) is 38.9. The highest BCUT2D eigenvalue weighted by Gasteiger charge is 2.18. The number of pyridine rings is 4. The van der Waals surface area contributed by atoms with Gasteiger partial charge in [0.15, 0.2) is 11.3 Å². The van der Waals surface area contributed by atoms with Gasteiger partial charge in [0.05, 0.1) is 40.9 Å². The van der Waals surface area contributed by atoms with Crippen molar-refractivity contribution in [2.75, 3.05) is 0 Å². The zero-order chi connectivity index (χ0) is 47.7. The fraction of sp³-hybridized carbons (Fsp3) is 0.185. The molecule has 0 fully saturated rings. The molecule has 0 amide bonds. The molecule has 14 heteroatoms. The van der Waals surface area contributed by atoms with Gasteiger partial charge in [0, 0.05) is 90.5 Å². The van der Waals surface area contributed by atoms with Crippen LogP contribution in [-0.2, 0) is 12.8 Å². The van der Waals surface area contributed by atoms with E-state index in [-0.39, 0.29) is 5.92 Å². The molecule has 0 saturated carbocycles. The van der Waals surface area contributed by atoms with E-state index in [1.165, 1.54) is 22.3 Å². The molecule has 8 aromatic heterocycles. The first-order chi connectivity index (χ1) is 32.9. The number of aromatic nitrogens is 10. The lowest BCUT2D eigenvalue weighted by atomic mass is 9.81. The highest BCUT2D eigenvalue weighted by atomic mass is 79.9. The molecule has 0 aliphatic rings. The van der Waals surface area contributed by atoms with Crippen molar-refractivity contribution in [3.63, 3.8) is 0 Å². The van der Waals surface area contributed by atoms with Gasteiger partial charge < -0.3 is 10.0 Å². The Labute approximate surface area is 405 Å². The van der Waals surface area contributed by atoms with Gasteiger partial charge in [0.2, 0.25) is 0 Å². The molecule has 0 aliphatic carbocycles. The van der Waals surface area contributed by atoms with Gasteiger partial charge in [-0.1, -0.05) is 86.6 Å². The molecule has 68 heavy (non-hydrogen) atoms. The summed E-state index contributed by atoms with van der Waals surface area (Å²) in [4.78, 5) is 36.5. The van der Waals surface area contributed by atoms with Gasteiger partial charge in [-0.3, -0.25) is 38.7 Å². The standard InChI is InChI=1S/C27H25N5.C21H20BrN5.C6H7BO2/c1-18(23-13-19(2)26(30-16-23)22-9-10-28-20(3)15-22)14-24-27-31-17-25(32(27)12-11-29-24)21-7-5-4-6-8-21;1-13(9-18-21-26-12-19(22)27(21)7-6-24-18)17-8-14(2)20(25-11-17)16-4-5-23-15(3)10-16;8-7(9)6-4-2-1-3-5-6/h4-13,15-18H,14H2,1-3H3;4-8,10-13H,9H2,1-3H3;1-5,8-9H. The van der Waals surface area contributed by atoms with Crippen molar-refractivity contribution in [1.82, 2.24) is 48.7 Å². The zero-order valence-corrected chi connectivity index (χ0v) is 40.5. The van der Waals surface area contributed by atoms with Gasteiger partial charge in [0.1, 0.15) is 4.60 Å². The van der Waals surface area contributed by atoms with E-state index in [1.807, 2.05) is 117 Å². The second-order valence-corrected chi connectivity index (χ2v) is 17.8. The van der Waals surface area contributed by atoms with Gasteiger partial charge in [0.25, 0.3) is 0 Å². The fourth-order valence-electron chi connectivity index (χ4n) is 8.19. The number of hydrogen-bond acceptors (Lipinski definition) is 10. The van der Waals surface area contributed by atoms with E-state index >= 15 is 0 Å². The van der Waals surface area contributed by atoms with E-state index in [9.17, 15) is 0 Å². The summed E-state index contributed by atoms with van der Waals surface area (Å²) in [5, 5.41) is 17.2. The normalized spacial score (nSPS) is 11.9. The van der Waals surface area contributed by atoms with Crippen LogP contribution in [0, 0.1) is 27.7 Å². The molecule has 2 atom stereocenters. The Bertz CT molecular complexity index is 3290. The van der Waals surface area contributed by atoms with Crippen LogP contribution < -0.4 is 5.46 Å². The molecule has 2 aromatic carbocycles. The number of aryl methyl sites for hydroxylation is 4. The van der Waals surface area contributed by atoms with Crippen LogP contribution in [-0.4, -0.2) is 65.8 Å². The molecule has 0 aliphatic heterocycles. The molecule has 0 saturated heterocycles. The quantitative estimate of drug-likeness (QED) is 0.127. The third-order valence-electron chi connectivity index (χ3n) is 11.8. The number of hydrogen-bond donors (Lipinski definition) is 2. The summed E-state index contributed by atoms with van der Waals surface area (Å²) in [6.45, 7) is 12.7. The second kappa shape index (κ2) is 21.6. The Hall–Kier alpha value is -7.26. The topological polar surface area (TPSA) is 152 Å². The lowest BCUT2D eigenvalue weighted by Crippen LogP contribution is -2.29. The number of benzene rings is 2. The summed E-state index contributed by atoms with van der Waals surface area (Å²) < 4.78 is 5.07. The minimum absolute atomic E-state index is 0.269. The molecule has 12 nitrogen and oxygen atoms in total. The predicted molar refractivity (Wildman–Crippen MR) is 273 cm³/mol.